The molecule has 3 nitrogen and oxygen atoms in total. The van der Waals surface area contributed by atoms with Gasteiger partial charge in [0.25, 0.3) is 0 Å². The lowest BCUT2D eigenvalue weighted by Gasteiger charge is -2.19. The fraction of sp³-hybridized carbons (Fsp3) is 0.438. The highest BCUT2D eigenvalue weighted by atomic mass is 16.1. The number of carbonyl (C=O) groups excluding carboxylic acids is 1. The fourth-order valence-electron chi connectivity index (χ4n) is 3.18. The van der Waals surface area contributed by atoms with E-state index in [9.17, 15) is 4.79 Å². The summed E-state index contributed by atoms with van der Waals surface area (Å²) < 4.78 is 0. The molecular weight excluding hydrogens is 236 g/mol. The predicted octanol–water partition coefficient (Wildman–Crippen LogP) is 2.90. The number of nitrogens with zero attached hydrogens (tertiary/aromatic N) is 1. The SMILES string of the molecule is CN(C)c1cccc(NC(=O)C2CC3C=CC2C3)c1. The zero-order chi connectivity index (χ0) is 13.4. The summed E-state index contributed by atoms with van der Waals surface area (Å²) in [7, 11) is 4.00. The Labute approximate surface area is 114 Å². The zero-order valence-electron chi connectivity index (χ0n) is 11.5. The molecule has 2 bridgehead atoms. The maximum absolute atomic E-state index is 12.3. The van der Waals surface area contributed by atoms with E-state index in [0.717, 1.165) is 24.2 Å². The van der Waals surface area contributed by atoms with Crippen molar-refractivity contribution in [3.63, 3.8) is 0 Å². The summed E-state index contributed by atoms with van der Waals surface area (Å²) in [5.41, 5.74) is 1.99. The summed E-state index contributed by atoms with van der Waals surface area (Å²) in [6, 6.07) is 7.98. The first kappa shape index (κ1) is 12.3. The first-order valence-electron chi connectivity index (χ1n) is 6.90. The topological polar surface area (TPSA) is 32.3 Å². The molecule has 3 rings (SSSR count). The minimum absolute atomic E-state index is 0.165. The van der Waals surface area contributed by atoms with Gasteiger partial charge in [0.1, 0.15) is 0 Å². The second kappa shape index (κ2) is 4.72. The lowest BCUT2D eigenvalue weighted by Crippen LogP contribution is -2.26. The van der Waals surface area contributed by atoms with Gasteiger partial charge in [-0.2, -0.15) is 0 Å². The average Bonchev–Trinajstić information content (AvgIpc) is 3.01. The maximum Gasteiger partial charge on any atom is 0.228 e. The van der Waals surface area contributed by atoms with Gasteiger partial charge in [0.05, 0.1) is 0 Å². The number of amides is 1. The van der Waals surface area contributed by atoms with Crippen LogP contribution in [0.1, 0.15) is 12.8 Å². The standard InChI is InChI=1S/C16H20N2O/c1-18(2)14-5-3-4-13(10-14)17-16(19)15-9-11-6-7-12(15)8-11/h3-7,10-12,15H,8-9H2,1-2H3,(H,17,19). The Morgan fingerprint density at radius 3 is 2.74 bits per heavy atom. The molecule has 1 saturated carbocycles. The highest BCUT2D eigenvalue weighted by molar-refractivity contribution is 5.93. The van der Waals surface area contributed by atoms with Crippen LogP contribution in [0.3, 0.4) is 0 Å². The van der Waals surface area contributed by atoms with Crippen LogP contribution in [0.5, 0.6) is 0 Å². The van der Waals surface area contributed by atoms with Crippen LogP contribution in [0.15, 0.2) is 36.4 Å². The van der Waals surface area contributed by atoms with E-state index >= 15 is 0 Å². The summed E-state index contributed by atoms with van der Waals surface area (Å²) in [5, 5.41) is 3.06. The van der Waals surface area contributed by atoms with Crippen LogP contribution in [0, 0.1) is 17.8 Å². The van der Waals surface area contributed by atoms with E-state index in [1.165, 1.54) is 0 Å². The smallest absolute Gasteiger partial charge is 0.228 e. The molecule has 1 amide bonds. The number of hydrogen-bond donors (Lipinski definition) is 1. The monoisotopic (exact) mass is 256 g/mol. The molecule has 0 heterocycles. The van der Waals surface area contributed by atoms with Crippen molar-refractivity contribution in [2.24, 2.45) is 17.8 Å². The van der Waals surface area contributed by atoms with Crippen LogP contribution in [-0.4, -0.2) is 20.0 Å². The molecule has 0 saturated heterocycles. The van der Waals surface area contributed by atoms with Crippen LogP contribution in [0.2, 0.25) is 0 Å². The van der Waals surface area contributed by atoms with Gasteiger partial charge in [-0.1, -0.05) is 18.2 Å². The molecule has 3 unspecified atom stereocenters. The van der Waals surface area contributed by atoms with Crippen LogP contribution < -0.4 is 10.2 Å². The van der Waals surface area contributed by atoms with Crippen molar-refractivity contribution in [1.82, 2.24) is 0 Å². The zero-order valence-corrected chi connectivity index (χ0v) is 11.5. The second-order valence-corrected chi connectivity index (χ2v) is 5.82. The Morgan fingerprint density at radius 1 is 1.26 bits per heavy atom. The molecule has 3 atom stereocenters. The fourth-order valence-corrected chi connectivity index (χ4v) is 3.18. The summed E-state index contributed by atoms with van der Waals surface area (Å²) in [6.07, 6.45) is 6.66. The molecule has 3 heteroatoms. The van der Waals surface area contributed by atoms with E-state index in [0.29, 0.717) is 11.8 Å². The third kappa shape index (κ3) is 2.37. The van der Waals surface area contributed by atoms with Crippen LogP contribution in [0.25, 0.3) is 0 Å². The Bertz CT molecular complexity index is 521. The van der Waals surface area contributed by atoms with Gasteiger partial charge < -0.3 is 10.2 Å². The Hall–Kier alpha value is -1.77. The molecule has 0 spiro atoms. The van der Waals surface area contributed by atoms with Crippen molar-refractivity contribution in [3.8, 4) is 0 Å². The van der Waals surface area contributed by atoms with Gasteiger partial charge in [-0.3, -0.25) is 4.79 Å². The summed E-state index contributed by atoms with van der Waals surface area (Å²) in [4.78, 5) is 14.4. The van der Waals surface area contributed by atoms with Gasteiger partial charge >= 0.3 is 0 Å². The van der Waals surface area contributed by atoms with E-state index < -0.39 is 0 Å². The number of allylic oxidation sites excluding steroid dienone is 2. The average molecular weight is 256 g/mol. The molecule has 0 aromatic heterocycles. The Kier molecular flexibility index (Phi) is 3.05. The predicted molar refractivity (Wildman–Crippen MR) is 78.2 cm³/mol. The van der Waals surface area contributed by atoms with E-state index in [-0.39, 0.29) is 11.8 Å². The molecule has 1 fully saturated rings. The number of anilines is 2. The number of hydrogen-bond acceptors (Lipinski definition) is 2. The summed E-state index contributed by atoms with van der Waals surface area (Å²) in [5.74, 6) is 1.43. The van der Waals surface area contributed by atoms with E-state index in [4.69, 9.17) is 0 Å². The highest BCUT2D eigenvalue weighted by Gasteiger charge is 2.39. The molecule has 0 radical (unpaired) electrons. The number of nitrogens with one attached hydrogen (secondary N) is 1. The van der Waals surface area contributed by atoms with Crippen molar-refractivity contribution in [1.29, 1.82) is 0 Å². The van der Waals surface area contributed by atoms with E-state index in [1.54, 1.807) is 0 Å². The maximum atomic E-state index is 12.3. The molecule has 1 aromatic carbocycles. The molecule has 0 aliphatic heterocycles. The molecule has 19 heavy (non-hydrogen) atoms. The summed E-state index contributed by atoms with van der Waals surface area (Å²) >= 11 is 0. The second-order valence-electron chi connectivity index (χ2n) is 5.82. The van der Waals surface area contributed by atoms with Crippen LogP contribution in [-0.2, 0) is 4.79 Å². The first-order chi connectivity index (χ1) is 9.13. The van der Waals surface area contributed by atoms with Gasteiger partial charge in [0, 0.05) is 31.4 Å². The largest absolute Gasteiger partial charge is 0.378 e. The minimum Gasteiger partial charge on any atom is -0.378 e. The molecule has 1 N–H and O–H groups in total. The Balaban J connectivity index is 1.70. The number of carbonyl (C=O) groups is 1. The molecule has 100 valence electrons. The van der Waals surface area contributed by atoms with Crippen LogP contribution in [0.4, 0.5) is 11.4 Å². The van der Waals surface area contributed by atoms with E-state index in [2.05, 4.69) is 17.5 Å². The highest BCUT2D eigenvalue weighted by Crippen LogP contribution is 2.43. The quantitative estimate of drug-likeness (QED) is 0.843. The van der Waals surface area contributed by atoms with Gasteiger partial charge in [-0.15, -0.1) is 0 Å². The van der Waals surface area contributed by atoms with Crippen molar-refractivity contribution in [3.05, 3.63) is 36.4 Å². The Morgan fingerprint density at radius 2 is 2.11 bits per heavy atom. The normalized spacial score (nSPS) is 27.6. The molecular formula is C16H20N2O. The summed E-state index contributed by atoms with van der Waals surface area (Å²) in [6.45, 7) is 0. The van der Waals surface area contributed by atoms with Gasteiger partial charge in [0.2, 0.25) is 5.91 Å². The van der Waals surface area contributed by atoms with Crippen molar-refractivity contribution < 1.29 is 4.79 Å². The van der Waals surface area contributed by atoms with Crippen molar-refractivity contribution in [2.45, 2.75) is 12.8 Å². The minimum atomic E-state index is 0.165. The van der Waals surface area contributed by atoms with E-state index in [1.807, 2.05) is 43.3 Å². The van der Waals surface area contributed by atoms with Gasteiger partial charge in [0.15, 0.2) is 0 Å². The third-order valence-electron chi connectivity index (χ3n) is 4.25. The number of benzene rings is 1. The van der Waals surface area contributed by atoms with Crippen molar-refractivity contribution >= 4 is 17.3 Å². The van der Waals surface area contributed by atoms with Gasteiger partial charge in [-0.25, -0.2) is 0 Å². The van der Waals surface area contributed by atoms with Gasteiger partial charge in [-0.05, 0) is 42.9 Å². The lowest BCUT2D eigenvalue weighted by molar-refractivity contribution is -0.120. The third-order valence-corrected chi connectivity index (χ3v) is 4.25. The van der Waals surface area contributed by atoms with Crippen LogP contribution >= 0.6 is 0 Å². The number of rotatable bonds is 3. The number of fused-ring (bicyclic) bond motifs is 2. The molecule has 2 aliphatic rings. The van der Waals surface area contributed by atoms with Crippen molar-refractivity contribution in [2.75, 3.05) is 24.3 Å². The molecule has 1 aromatic rings. The molecule has 2 aliphatic carbocycles. The lowest BCUT2D eigenvalue weighted by atomic mass is 9.93. The first-order valence-corrected chi connectivity index (χ1v) is 6.90.